The van der Waals surface area contributed by atoms with Gasteiger partial charge in [-0.05, 0) is 19.9 Å². The van der Waals surface area contributed by atoms with Crippen LogP contribution in [0.2, 0.25) is 0 Å². The molecule has 0 saturated carbocycles. The summed E-state index contributed by atoms with van der Waals surface area (Å²) < 4.78 is 5.09. The maximum absolute atomic E-state index is 11.0. The summed E-state index contributed by atoms with van der Waals surface area (Å²) >= 11 is 0. The van der Waals surface area contributed by atoms with Crippen LogP contribution in [0, 0.1) is 5.41 Å². The van der Waals surface area contributed by atoms with E-state index in [0.29, 0.717) is 13.2 Å². The summed E-state index contributed by atoms with van der Waals surface area (Å²) in [6.45, 7) is 4.28. The van der Waals surface area contributed by atoms with Gasteiger partial charge in [-0.3, -0.25) is 4.79 Å². The molecule has 0 atom stereocenters. The van der Waals surface area contributed by atoms with Crippen LogP contribution in [0.15, 0.2) is 24.3 Å². The average molecular weight is 237 g/mol. The van der Waals surface area contributed by atoms with E-state index in [1.807, 2.05) is 24.3 Å². The lowest BCUT2D eigenvalue weighted by atomic mass is 9.93. The van der Waals surface area contributed by atoms with Crippen molar-refractivity contribution in [3.05, 3.63) is 29.8 Å². The summed E-state index contributed by atoms with van der Waals surface area (Å²) in [7, 11) is 1.64. The Morgan fingerprint density at radius 2 is 2.06 bits per heavy atom. The molecule has 0 aliphatic heterocycles. The average Bonchev–Trinajstić information content (AvgIpc) is 2.28. The van der Waals surface area contributed by atoms with E-state index in [1.54, 1.807) is 21.0 Å². The van der Waals surface area contributed by atoms with E-state index in [4.69, 9.17) is 9.84 Å². The van der Waals surface area contributed by atoms with Crippen molar-refractivity contribution in [2.24, 2.45) is 5.41 Å². The van der Waals surface area contributed by atoms with Gasteiger partial charge in [-0.2, -0.15) is 0 Å². The molecule has 0 spiro atoms. The van der Waals surface area contributed by atoms with Crippen LogP contribution in [-0.4, -0.2) is 24.7 Å². The van der Waals surface area contributed by atoms with Gasteiger partial charge in [0.05, 0.1) is 12.0 Å². The minimum atomic E-state index is -0.811. The summed E-state index contributed by atoms with van der Waals surface area (Å²) in [6.07, 6.45) is 0. The topological polar surface area (TPSA) is 58.6 Å². The van der Waals surface area contributed by atoms with Gasteiger partial charge in [-0.1, -0.05) is 18.2 Å². The Kier molecular flexibility index (Phi) is 4.52. The smallest absolute Gasteiger partial charge is 0.310 e. The molecule has 0 unspecified atom stereocenters. The third-order valence-electron chi connectivity index (χ3n) is 2.62. The minimum absolute atomic E-state index is 0.378. The number of hydrogen-bond donors (Lipinski definition) is 2. The zero-order valence-electron chi connectivity index (χ0n) is 10.5. The molecule has 1 aromatic rings. The number of aliphatic carboxylic acids is 1. The summed E-state index contributed by atoms with van der Waals surface area (Å²) in [4.78, 5) is 11.0. The van der Waals surface area contributed by atoms with E-state index in [9.17, 15) is 4.79 Å². The van der Waals surface area contributed by atoms with Crippen LogP contribution in [0.3, 0.4) is 0 Å². The molecule has 4 heteroatoms. The Labute approximate surface area is 102 Å². The summed E-state index contributed by atoms with van der Waals surface area (Å²) in [5.74, 6) is -0.811. The number of carboxylic acids is 1. The molecule has 0 bridgehead atoms. The van der Waals surface area contributed by atoms with Gasteiger partial charge >= 0.3 is 5.97 Å². The van der Waals surface area contributed by atoms with Crippen molar-refractivity contribution in [3.63, 3.8) is 0 Å². The van der Waals surface area contributed by atoms with Crippen molar-refractivity contribution in [1.29, 1.82) is 0 Å². The number of carboxylic acid groups (broad SMARTS) is 1. The molecule has 0 aliphatic rings. The van der Waals surface area contributed by atoms with Crippen molar-refractivity contribution in [2.45, 2.75) is 20.5 Å². The maximum Gasteiger partial charge on any atom is 0.310 e. The van der Waals surface area contributed by atoms with E-state index >= 15 is 0 Å². The number of benzene rings is 1. The summed E-state index contributed by atoms with van der Waals surface area (Å²) in [5, 5.41) is 12.2. The van der Waals surface area contributed by atoms with Crippen LogP contribution < -0.4 is 5.32 Å². The molecule has 4 nitrogen and oxygen atoms in total. The first-order valence-corrected chi connectivity index (χ1v) is 5.51. The number of rotatable bonds is 6. The number of anilines is 1. The number of hydrogen-bond acceptors (Lipinski definition) is 3. The summed E-state index contributed by atoms with van der Waals surface area (Å²) in [6, 6.07) is 7.73. The Morgan fingerprint density at radius 1 is 1.41 bits per heavy atom. The van der Waals surface area contributed by atoms with E-state index in [1.165, 1.54) is 0 Å². The highest BCUT2D eigenvalue weighted by molar-refractivity contribution is 5.74. The van der Waals surface area contributed by atoms with Gasteiger partial charge in [0.2, 0.25) is 0 Å². The van der Waals surface area contributed by atoms with Crippen molar-refractivity contribution < 1.29 is 14.6 Å². The first-order valence-electron chi connectivity index (χ1n) is 5.51. The fourth-order valence-electron chi connectivity index (χ4n) is 1.37. The number of methoxy groups -OCH3 is 1. The molecule has 94 valence electrons. The lowest BCUT2D eigenvalue weighted by molar-refractivity contribution is -0.146. The summed E-state index contributed by atoms with van der Waals surface area (Å²) in [5.41, 5.74) is 1.15. The lowest BCUT2D eigenvalue weighted by Crippen LogP contribution is -2.32. The Bertz CT molecular complexity index is 388. The zero-order chi connectivity index (χ0) is 12.9. The normalized spacial score (nSPS) is 11.2. The monoisotopic (exact) mass is 237 g/mol. The highest BCUT2D eigenvalue weighted by Gasteiger charge is 2.26. The van der Waals surface area contributed by atoms with Crippen molar-refractivity contribution >= 4 is 11.7 Å². The third kappa shape index (κ3) is 3.75. The predicted molar refractivity (Wildman–Crippen MR) is 67.1 cm³/mol. The van der Waals surface area contributed by atoms with Gasteiger partial charge in [0.15, 0.2) is 0 Å². The first-order chi connectivity index (χ1) is 7.97. The Morgan fingerprint density at radius 3 is 2.65 bits per heavy atom. The Balaban J connectivity index is 2.72. The number of para-hydroxylation sites is 1. The number of ether oxygens (including phenoxy) is 1. The molecule has 1 aromatic carbocycles. The highest BCUT2D eigenvalue weighted by atomic mass is 16.5. The molecule has 0 aromatic heterocycles. The fraction of sp³-hybridized carbons (Fsp3) is 0.462. The van der Waals surface area contributed by atoms with Gasteiger partial charge in [0.25, 0.3) is 0 Å². The first kappa shape index (κ1) is 13.5. The van der Waals surface area contributed by atoms with Crippen LogP contribution in [0.5, 0.6) is 0 Å². The second kappa shape index (κ2) is 5.68. The van der Waals surface area contributed by atoms with Gasteiger partial charge in [0.1, 0.15) is 0 Å². The van der Waals surface area contributed by atoms with Crippen LogP contribution in [0.1, 0.15) is 19.4 Å². The molecular formula is C13H19NO3. The van der Waals surface area contributed by atoms with Crippen LogP contribution in [-0.2, 0) is 16.1 Å². The highest BCUT2D eigenvalue weighted by Crippen LogP contribution is 2.20. The number of nitrogens with one attached hydrogen (secondary N) is 1. The zero-order valence-corrected chi connectivity index (χ0v) is 10.5. The maximum atomic E-state index is 11.0. The van der Waals surface area contributed by atoms with Crippen molar-refractivity contribution in [1.82, 2.24) is 0 Å². The molecule has 17 heavy (non-hydrogen) atoms. The SMILES string of the molecule is COCc1ccccc1NCC(C)(C)C(=O)O. The molecule has 0 heterocycles. The van der Waals surface area contributed by atoms with Gasteiger partial charge in [-0.15, -0.1) is 0 Å². The van der Waals surface area contributed by atoms with E-state index < -0.39 is 11.4 Å². The largest absolute Gasteiger partial charge is 0.481 e. The van der Waals surface area contributed by atoms with Gasteiger partial charge in [-0.25, -0.2) is 0 Å². The standard InChI is InChI=1S/C13H19NO3/c1-13(2,12(15)16)9-14-11-7-5-4-6-10(11)8-17-3/h4-7,14H,8-9H2,1-3H3,(H,15,16). The van der Waals surface area contributed by atoms with Gasteiger partial charge < -0.3 is 15.2 Å². The van der Waals surface area contributed by atoms with Crippen LogP contribution in [0.25, 0.3) is 0 Å². The molecule has 1 rings (SSSR count). The molecule has 0 aliphatic carbocycles. The van der Waals surface area contributed by atoms with Crippen molar-refractivity contribution in [2.75, 3.05) is 19.0 Å². The molecule has 0 fully saturated rings. The molecular weight excluding hydrogens is 218 g/mol. The third-order valence-corrected chi connectivity index (χ3v) is 2.62. The van der Waals surface area contributed by atoms with Crippen LogP contribution >= 0.6 is 0 Å². The van der Waals surface area contributed by atoms with Crippen LogP contribution in [0.4, 0.5) is 5.69 Å². The Hall–Kier alpha value is -1.55. The quantitative estimate of drug-likeness (QED) is 0.797. The number of carbonyl (C=O) groups is 1. The predicted octanol–water partition coefficient (Wildman–Crippen LogP) is 2.36. The van der Waals surface area contributed by atoms with E-state index in [0.717, 1.165) is 11.3 Å². The minimum Gasteiger partial charge on any atom is -0.481 e. The second-order valence-corrected chi connectivity index (χ2v) is 4.63. The van der Waals surface area contributed by atoms with E-state index in [2.05, 4.69) is 5.32 Å². The molecule has 0 radical (unpaired) electrons. The molecule has 0 saturated heterocycles. The fourth-order valence-corrected chi connectivity index (χ4v) is 1.37. The molecule has 0 amide bonds. The second-order valence-electron chi connectivity index (χ2n) is 4.63. The van der Waals surface area contributed by atoms with E-state index in [-0.39, 0.29) is 0 Å². The molecule has 2 N–H and O–H groups in total. The van der Waals surface area contributed by atoms with Crippen molar-refractivity contribution in [3.8, 4) is 0 Å². The lowest BCUT2D eigenvalue weighted by Gasteiger charge is -2.21. The van der Waals surface area contributed by atoms with Gasteiger partial charge in [0, 0.05) is 24.9 Å².